The first kappa shape index (κ1) is 9.08. The molecule has 1 unspecified atom stereocenters. The Balaban J connectivity index is 2.50. The number of fused-ring (bicyclic) bond motifs is 1. The maximum absolute atomic E-state index is 8.96. The van der Waals surface area contributed by atoms with Gasteiger partial charge in [-0.05, 0) is 30.4 Å². The van der Waals surface area contributed by atoms with Gasteiger partial charge in [-0.15, -0.1) is 0 Å². The minimum absolute atomic E-state index is 0.625. The van der Waals surface area contributed by atoms with Gasteiger partial charge in [-0.25, -0.2) is 0 Å². The van der Waals surface area contributed by atoms with Gasteiger partial charge in [0.25, 0.3) is 0 Å². The highest BCUT2D eigenvalue weighted by Gasteiger charge is 2.19. The van der Waals surface area contributed by atoms with E-state index in [1.54, 1.807) is 0 Å². The van der Waals surface area contributed by atoms with E-state index in [1.165, 1.54) is 12.0 Å². The van der Waals surface area contributed by atoms with Gasteiger partial charge in [-0.1, -0.05) is 19.1 Å². The summed E-state index contributed by atoms with van der Waals surface area (Å²) in [5.41, 5.74) is 3.16. The fraction of sp³-hybridized carbons (Fsp3) is 0.417. The number of nitrogens with one attached hydrogen (secondary N) is 1. The van der Waals surface area contributed by atoms with Crippen LogP contribution in [-0.4, -0.2) is 6.54 Å². The Bertz CT molecular complexity index is 376. The van der Waals surface area contributed by atoms with E-state index < -0.39 is 0 Å². The SMILES string of the molecule is CCC1CCNc2c(C#N)cccc21. The summed E-state index contributed by atoms with van der Waals surface area (Å²) in [6, 6.07) is 8.23. The molecule has 2 nitrogen and oxygen atoms in total. The van der Waals surface area contributed by atoms with Crippen molar-refractivity contribution >= 4 is 5.69 Å². The van der Waals surface area contributed by atoms with Crippen LogP contribution in [0.2, 0.25) is 0 Å². The van der Waals surface area contributed by atoms with Crippen LogP contribution in [0.25, 0.3) is 0 Å². The van der Waals surface area contributed by atoms with E-state index >= 15 is 0 Å². The first-order valence-corrected chi connectivity index (χ1v) is 5.13. The highest BCUT2D eigenvalue weighted by Crippen LogP contribution is 2.35. The molecule has 0 saturated carbocycles. The maximum atomic E-state index is 8.96. The van der Waals surface area contributed by atoms with Crippen LogP contribution >= 0.6 is 0 Å². The second-order valence-corrected chi connectivity index (χ2v) is 3.70. The number of hydrogen-bond donors (Lipinski definition) is 1. The van der Waals surface area contributed by atoms with Crippen LogP contribution < -0.4 is 5.32 Å². The van der Waals surface area contributed by atoms with Crippen LogP contribution in [0, 0.1) is 11.3 Å². The molecule has 0 aliphatic carbocycles. The number of para-hydroxylation sites is 1. The molecule has 2 heteroatoms. The fourth-order valence-corrected chi connectivity index (χ4v) is 2.15. The van der Waals surface area contributed by atoms with Gasteiger partial charge in [-0.3, -0.25) is 0 Å². The second kappa shape index (κ2) is 3.71. The molecule has 0 fully saturated rings. The Morgan fingerprint density at radius 3 is 3.14 bits per heavy atom. The number of hydrogen-bond acceptors (Lipinski definition) is 2. The standard InChI is InChI=1S/C12H14N2/c1-2-9-6-7-14-12-10(8-13)4-3-5-11(9)12/h3-5,9,14H,2,6-7H2,1H3. The summed E-state index contributed by atoms with van der Waals surface area (Å²) in [4.78, 5) is 0. The van der Waals surface area contributed by atoms with Gasteiger partial charge in [0.05, 0.1) is 11.3 Å². The molecule has 0 spiro atoms. The third-order valence-electron chi connectivity index (χ3n) is 2.94. The van der Waals surface area contributed by atoms with Gasteiger partial charge in [0.15, 0.2) is 0 Å². The number of rotatable bonds is 1. The summed E-state index contributed by atoms with van der Waals surface area (Å²) in [6.45, 7) is 3.20. The highest BCUT2D eigenvalue weighted by atomic mass is 14.9. The van der Waals surface area contributed by atoms with Crippen molar-refractivity contribution in [2.75, 3.05) is 11.9 Å². The van der Waals surface area contributed by atoms with Crippen LogP contribution in [0.4, 0.5) is 5.69 Å². The number of nitrogens with zero attached hydrogens (tertiary/aromatic N) is 1. The van der Waals surface area contributed by atoms with Crippen molar-refractivity contribution in [3.05, 3.63) is 29.3 Å². The minimum atomic E-state index is 0.625. The van der Waals surface area contributed by atoms with Crippen LogP contribution in [0.3, 0.4) is 0 Å². The third kappa shape index (κ3) is 1.35. The van der Waals surface area contributed by atoms with E-state index in [1.807, 2.05) is 12.1 Å². The zero-order chi connectivity index (χ0) is 9.97. The van der Waals surface area contributed by atoms with Crippen LogP contribution in [0.15, 0.2) is 18.2 Å². The third-order valence-corrected chi connectivity index (χ3v) is 2.94. The largest absolute Gasteiger partial charge is 0.384 e. The van der Waals surface area contributed by atoms with E-state index in [0.29, 0.717) is 5.92 Å². The van der Waals surface area contributed by atoms with Crippen molar-refractivity contribution in [2.45, 2.75) is 25.7 Å². The summed E-state index contributed by atoms with van der Waals surface area (Å²) in [5.74, 6) is 0.625. The summed E-state index contributed by atoms with van der Waals surface area (Å²) in [5, 5.41) is 12.3. The van der Waals surface area contributed by atoms with Gasteiger partial charge < -0.3 is 5.32 Å². The molecule has 1 heterocycles. The predicted molar refractivity (Wildman–Crippen MR) is 57.3 cm³/mol. The topological polar surface area (TPSA) is 35.8 Å². The molecular formula is C12H14N2. The Morgan fingerprint density at radius 1 is 1.57 bits per heavy atom. The molecule has 0 amide bonds. The number of nitriles is 1. The van der Waals surface area contributed by atoms with Crippen LogP contribution in [0.1, 0.15) is 36.8 Å². The lowest BCUT2D eigenvalue weighted by Crippen LogP contribution is -2.17. The zero-order valence-corrected chi connectivity index (χ0v) is 8.38. The van der Waals surface area contributed by atoms with Gasteiger partial charge >= 0.3 is 0 Å². The molecular weight excluding hydrogens is 172 g/mol. The number of anilines is 1. The Kier molecular flexibility index (Phi) is 2.41. The molecule has 0 radical (unpaired) electrons. The van der Waals surface area contributed by atoms with E-state index in [9.17, 15) is 0 Å². The quantitative estimate of drug-likeness (QED) is 0.732. The van der Waals surface area contributed by atoms with E-state index in [0.717, 1.165) is 24.2 Å². The molecule has 14 heavy (non-hydrogen) atoms. The summed E-state index contributed by atoms with van der Waals surface area (Å²) >= 11 is 0. The monoisotopic (exact) mass is 186 g/mol. The van der Waals surface area contributed by atoms with Crippen molar-refractivity contribution < 1.29 is 0 Å². The minimum Gasteiger partial charge on any atom is -0.384 e. The smallest absolute Gasteiger partial charge is 0.101 e. The maximum Gasteiger partial charge on any atom is 0.101 e. The van der Waals surface area contributed by atoms with Crippen molar-refractivity contribution in [1.82, 2.24) is 0 Å². The average molecular weight is 186 g/mol. The zero-order valence-electron chi connectivity index (χ0n) is 8.38. The molecule has 1 aromatic rings. The van der Waals surface area contributed by atoms with Crippen molar-refractivity contribution in [2.24, 2.45) is 0 Å². The Morgan fingerprint density at radius 2 is 2.43 bits per heavy atom. The molecule has 1 aliphatic rings. The van der Waals surface area contributed by atoms with Gasteiger partial charge in [0.2, 0.25) is 0 Å². The van der Waals surface area contributed by atoms with Gasteiger partial charge in [0.1, 0.15) is 6.07 Å². The molecule has 1 aliphatic heterocycles. The number of benzene rings is 1. The lowest BCUT2D eigenvalue weighted by Gasteiger charge is -2.26. The molecule has 72 valence electrons. The lowest BCUT2D eigenvalue weighted by atomic mass is 9.87. The first-order chi connectivity index (χ1) is 6.86. The van der Waals surface area contributed by atoms with E-state index in [4.69, 9.17) is 5.26 Å². The Hall–Kier alpha value is -1.49. The fourth-order valence-electron chi connectivity index (χ4n) is 2.15. The second-order valence-electron chi connectivity index (χ2n) is 3.70. The highest BCUT2D eigenvalue weighted by molar-refractivity contribution is 5.64. The first-order valence-electron chi connectivity index (χ1n) is 5.13. The summed E-state index contributed by atoms with van der Waals surface area (Å²) < 4.78 is 0. The Labute approximate surface area is 84.6 Å². The molecule has 0 bridgehead atoms. The van der Waals surface area contributed by atoms with Crippen LogP contribution in [-0.2, 0) is 0 Å². The average Bonchev–Trinajstić information content (AvgIpc) is 2.27. The van der Waals surface area contributed by atoms with Gasteiger partial charge in [-0.2, -0.15) is 5.26 Å². The lowest BCUT2D eigenvalue weighted by molar-refractivity contribution is 0.608. The molecule has 1 N–H and O–H groups in total. The molecule has 0 saturated heterocycles. The molecule has 2 rings (SSSR count). The summed E-state index contributed by atoms with van der Waals surface area (Å²) in [6.07, 6.45) is 2.34. The molecule has 1 aromatic carbocycles. The summed E-state index contributed by atoms with van der Waals surface area (Å²) in [7, 11) is 0. The molecule has 1 atom stereocenters. The van der Waals surface area contributed by atoms with E-state index in [2.05, 4.69) is 24.4 Å². The van der Waals surface area contributed by atoms with Crippen molar-refractivity contribution in [3.63, 3.8) is 0 Å². The normalized spacial score (nSPS) is 19.3. The predicted octanol–water partition coefficient (Wildman–Crippen LogP) is 2.87. The van der Waals surface area contributed by atoms with Crippen molar-refractivity contribution in [1.29, 1.82) is 5.26 Å². The van der Waals surface area contributed by atoms with Gasteiger partial charge in [0, 0.05) is 6.54 Å². The molecule has 0 aromatic heterocycles. The van der Waals surface area contributed by atoms with E-state index in [-0.39, 0.29) is 0 Å². The van der Waals surface area contributed by atoms with Crippen molar-refractivity contribution in [3.8, 4) is 6.07 Å². The van der Waals surface area contributed by atoms with Crippen LogP contribution in [0.5, 0.6) is 0 Å².